The number of para-hydroxylation sites is 2. The van der Waals surface area contributed by atoms with Crippen LogP contribution in [0, 0.1) is 0 Å². The Kier molecular flexibility index (Phi) is 5.34. The molecule has 0 saturated heterocycles. The molecule has 3 nitrogen and oxygen atoms in total. The summed E-state index contributed by atoms with van der Waals surface area (Å²) in [5.74, 6) is 0. The monoisotopic (exact) mass is 587 g/mol. The van der Waals surface area contributed by atoms with Crippen LogP contribution in [0.4, 0.5) is 17.1 Å². The van der Waals surface area contributed by atoms with E-state index in [9.17, 15) is 0 Å². The lowest BCUT2D eigenvalue weighted by atomic mass is 9.98. The number of hydrogen-bond donors (Lipinski definition) is 1. The number of nitrogens with one attached hydrogen (secondary N) is 1. The van der Waals surface area contributed by atoms with E-state index in [-0.39, 0.29) is 6.17 Å². The molecule has 46 heavy (non-hydrogen) atoms. The minimum Gasteiger partial charge on any atom is -0.359 e. The fraction of sp³-hybridized carbons (Fsp3) is 0.0233. The molecule has 0 saturated carbocycles. The van der Waals surface area contributed by atoms with Gasteiger partial charge in [0, 0.05) is 27.5 Å². The molecule has 3 heteroatoms. The number of hydrogen-bond acceptors (Lipinski definition) is 2. The topological polar surface area (TPSA) is 20.2 Å². The van der Waals surface area contributed by atoms with Crippen molar-refractivity contribution >= 4 is 71.2 Å². The molecule has 8 aromatic carbocycles. The van der Waals surface area contributed by atoms with Crippen LogP contribution in [0.25, 0.3) is 59.8 Å². The maximum absolute atomic E-state index is 3.88. The van der Waals surface area contributed by atoms with Crippen molar-refractivity contribution in [3.05, 3.63) is 169 Å². The van der Waals surface area contributed by atoms with E-state index in [1.807, 2.05) is 0 Å². The van der Waals surface area contributed by atoms with Gasteiger partial charge in [-0.15, -0.1) is 0 Å². The van der Waals surface area contributed by atoms with Gasteiger partial charge in [0.2, 0.25) is 0 Å². The van der Waals surface area contributed by atoms with Gasteiger partial charge in [-0.1, -0.05) is 121 Å². The Morgan fingerprint density at radius 3 is 1.96 bits per heavy atom. The van der Waals surface area contributed by atoms with Gasteiger partial charge in [-0.2, -0.15) is 0 Å². The Labute approximate surface area is 266 Å². The third kappa shape index (κ3) is 3.60. The molecule has 1 unspecified atom stereocenters. The van der Waals surface area contributed by atoms with Crippen LogP contribution in [0.15, 0.2) is 164 Å². The van der Waals surface area contributed by atoms with E-state index in [4.69, 9.17) is 0 Å². The van der Waals surface area contributed by atoms with E-state index >= 15 is 0 Å². The van der Waals surface area contributed by atoms with E-state index in [1.165, 1.54) is 65.4 Å². The molecular weight excluding hydrogens is 558 g/mol. The SMILES string of the molecule is c1ccc(C2Nc3ccc4ccc5ccc(-n6c7ccccc7c7c8ccccc8ccc76)cc5c4c3N2c2ccccc2)cc1. The molecule has 0 amide bonds. The number of aromatic nitrogens is 1. The third-order valence-electron chi connectivity index (χ3n) is 9.72. The standard InChI is InChI=1S/C43H29N3/c1-3-12-31(13-4-1)43-44-37-25-22-30-20-19-29-21-24-33(27-36(29)40(30)42(37)46(43)32-14-5-2-6-15-32)45-38-18-10-9-17-35(38)41-34-16-8-7-11-28(34)23-26-39(41)45/h1-27,43-44H. The van der Waals surface area contributed by atoms with Crippen LogP contribution < -0.4 is 10.2 Å². The molecule has 0 bridgehead atoms. The summed E-state index contributed by atoms with van der Waals surface area (Å²) in [7, 11) is 0. The fourth-order valence-corrected chi connectivity index (χ4v) is 7.71. The summed E-state index contributed by atoms with van der Waals surface area (Å²) in [4.78, 5) is 2.48. The maximum Gasteiger partial charge on any atom is 0.130 e. The van der Waals surface area contributed by atoms with Crippen LogP contribution in [-0.2, 0) is 0 Å². The Morgan fingerprint density at radius 2 is 1.09 bits per heavy atom. The van der Waals surface area contributed by atoms with Crippen LogP contribution in [0.2, 0.25) is 0 Å². The molecule has 2 heterocycles. The number of anilines is 3. The first kappa shape index (κ1) is 25.3. The van der Waals surface area contributed by atoms with Crippen molar-refractivity contribution in [3.63, 3.8) is 0 Å². The average molecular weight is 588 g/mol. The lowest BCUT2D eigenvalue weighted by molar-refractivity contribution is 0.830. The summed E-state index contributed by atoms with van der Waals surface area (Å²) < 4.78 is 2.44. The van der Waals surface area contributed by atoms with Gasteiger partial charge in [0.15, 0.2) is 0 Å². The second-order valence-corrected chi connectivity index (χ2v) is 12.2. The molecule has 0 fully saturated rings. The molecule has 9 aromatic rings. The fourth-order valence-electron chi connectivity index (χ4n) is 7.71. The van der Waals surface area contributed by atoms with Gasteiger partial charge in [-0.25, -0.2) is 0 Å². The van der Waals surface area contributed by atoms with Crippen LogP contribution >= 0.6 is 0 Å². The quantitative estimate of drug-likeness (QED) is 0.208. The van der Waals surface area contributed by atoms with Crippen LogP contribution in [0.3, 0.4) is 0 Å². The van der Waals surface area contributed by atoms with Gasteiger partial charge in [0.1, 0.15) is 6.17 Å². The largest absolute Gasteiger partial charge is 0.359 e. The molecule has 1 atom stereocenters. The second-order valence-electron chi connectivity index (χ2n) is 12.2. The summed E-state index contributed by atoms with van der Waals surface area (Å²) in [5, 5.41) is 14.0. The first-order chi connectivity index (χ1) is 22.8. The van der Waals surface area contributed by atoms with E-state index in [1.54, 1.807) is 0 Å². The third-order valence-corrected chi connectivity index (χ3v) is 9.72. The highest BCUT2D eigenvalue weighted by Gasteiger charge is 2.33. The summed E-state index contributed by atoms with van der Waals surface area (Å²) >= 11 is 0. The van der Waals surface area contributed by atoms with Crippen LogP contribution in [-0.4, -0.2) is 4.57 Å². The van der Waals surface area contributed by atoms with E-state index in [2.05, 4.69) is 179 Å². The molecule has 1 aromatic heterocycles. The van der Waals surface area contributed by atoms with E-state index in [0.29, 0.717) is 0 Å². The van der Waals surface area contributed by atoms with Crippen molar-refractivity contribution in [2.75, 3.05) is 10.2 Å². The number of rotatable bonds is 3. The Morgan fingerprint density at radius 1 is 0.435 bits per heavy atom. The molecule has 0 aliphatic carbocycles. The van der Waals surface area contributed by atoms with Crippen LogP contribution in [0.5, 0.6) is 0 Å². The highest BCUT2D eigenvalue weighted by Crippen LogP contribution is 2.51. The molecule has 216 valence electrons. The molecule has 1 aliphatic rings. The minimum absolute atomic E-state index is 0.0201. The van der Waals surface area contributed by atoms with Crippen molar-refractivity contribution in [1.82, 2.24) is 4.57 Å². The molecule has 0 spiro atoms. The van der Waals surface area contributed by atoms with Gasteiger partial charge in [-0.3, -0.25) is 0 Å². The van der Waals surface area contributed by atoms with Crippen molar-refractivity contribution in [1.29, 1.82) is 0 Å². The normalized spacial score (nSPS) is 14.4. The number of benzene rings is 8. The zero-order valence-electron chi connectivity index (χ0n) is 25.1. The average Bonchev–Trinajstić information content (AvgIpc) is 3.69. The Hall–Kier alpha value is -6.06. The van der Waals surface area contributed by atoms with Gasteiger partial charge in [0.25, 0.3) is 0 Å². The molecule has 1 aliphatic heterocycles. The summed E-state index contributed by atoms with van der Waals surface area (Å²) in [5.41, 5.74) is 8.36. The molecule has 0 radical (unpaired) electrons. The van der Waals surface area contributed by atoms with Crippen molar-refractivity contribution < 1.29 is 0 Å². The van der Waals surface area contributed by atoms with E-state index < -0.39 is 0 Å². The maximum atomic E-state index is 3.88. The first-order valence-corrected chi connectivity index (χ1v) is 15.9. The number of nitrogens with zero attached hydrogens (tertiary/aromatic N) is 2. The summed E-state index contributed by atoms with van der Waals surface area (Å²) in [6.07, 6.45) is -0.0201. The number of fused-ring (bicyclic) bond motifs is 10. The van der Waals surface area contributed by atoms with Crippen molar-refractivity contribution in [3.8, 4) is 5.69 Å². The lowest BCUT2D eigenvalue weighted by Gasteiger charge is -2.28. The van der Waals surface area contributed by atoms with E-state index in [0.717, 1.165) is 17.1 Å². The predicted octanol–water partition coefficient (Wildman–Crippen LogP) is 11.5. The van der Waals surface area contributed by atoms with Gasteiger partial charge < -0.3 is 14.8 Å². The molecular formula is C43H29N3. The highest BCUT2D eigenvalue weighted by atomic mass is 15.3. The Balaban J connectivity index is 1.28. The zero-order valence-corrected chi connectivity index (χ0v) is 25.1. The highest BCUT2D eigenvalue weighted by molar-refractivity contribution is 6.22. The minimum atomic E-state index is -0.0201. The molecule has 1 N–H and O–H groups in total. The smallest absolute Gasteiger partial charge is 0.130 e. The van der Waals surface area contributed by atoms with Crippen LogP contribution in [0.1, 0.15) is 11.7 Å². The van der Waals surface area contributed by atoms with Gasteiger partial charge in [-0.05, 0) is 75.0 Å². The predicted molar refractivity (Wildman–Crippen MR) is 195 cm³/mol. The second kappa shape index (κ2) is 9.72. The van der Waals surface area contributed by atoms with Gasteiger partial charge in [0.05, 0.1) is 22.4 Å². The summed E-state index contributed by atoms with van der Waals surface area (Å²) in [6, 6.07) is 59.6. The Bertz CT molecular complexity index is 2620. The molecule has 10 rings (SSSR count). The van der Waals surface area contributed by atoms with Crippen molar-refractivity contribution in [2.24, 2.45) is 0 Å². The first-order valence-electron chi connectivity index (χ1n) is 15.9. The van der Waals surface area contributed by atoms with Gasteiger partial charge >= 0.3 is 0 Å². The van der Waals surface area contributed by atoms with Crippen molar-refractivity contribution in [2.45, 2.75) is 6.17 Å². The lowest BCUT2D eigenvalue weighted by Crippen LogP contribution is -2.23. The summed E-state index contributed by atoms with van der Waals surface area (Å²) in [6.45, 7) is 0. The zero-order chi connectivity index (χ0) is 30.2.